The molecule has 25 heavy (non-hydrogen) atoms. The summed E-state index contributed by atoms with van der Waals surface area (Å²) in [6.45, 7) is 3.98. The molecule has 0 saturated carbocycles. The van der Waals surface area contributed by atoms with Crippen molar-refractivity contribution in [3.05, 3.63) is 54.6 Å². The minimum absolute atomic E-state index is 0.483. The van der Waals surface area contributed by atoms with Gasteiger partial charge in [0.05, 0.1) is 0 Å². The molecular formula is C20H24N2O3. The van der Waals surface area contributed by atoms with E-state index in [0.717, 1.165) is 12.3 Å². The Labute approximate surface area is 148 Å². The molecule has 1 aliphatic rings. The van der Waals surface area contributed by atoms with Gasteiger partial charge in [-0.25, -0.2) is 4.79 Å². The minimum Gasteiger partial charge on any atom is -0.492 e. The highest BCUT2D eigenvalue weighted by molar-refractivity contribution is 5.86. The van der Waals surface area contributed by atoms with E-state index in [1.54, 1.807) is 24.3 Å². The molecule has 1 amide bonds. The van der Waals surface area contributed by atoms with Gasteiger partial charge in [-0.3, -0.25) is 10.2 Å². The largest absolute Gasteiger partial charge is 0.492 e. The number of anilines is 1. The first kappa shape index (κ1) is 17.3. The molecule has 0 spiro atoms. The number of rotatable bonds is 6. The summed E-state index contributed by atoms with van der Waals surface area (Å²) in [5.74, 6) is 1.27. The third-order valence-corrected chi connectivity index (χ3v) is 4.18. The molecule has 0 atom stereocenters. The van der Waals surface area contributed by atoms with Crippen molar-refractivity contribution in [3.8, 4) is 11.5 Å². The van der Waals surface area contributed by atoms with Crippen LogP contribution in [0.4, 0.5) is 10.5 Å². The van der Waals surface area contributed by atoms with Crippen LogP contribution in [0.15, 0.2) is 54.6 Å². The second-order valence-electron chi connectivity index (χ2n) is 6.10. The second kappa shape index (κ2) is 9.08. The number of likely N-dealkylation sites (tertiary alicyclic amines) is 1. The number of hydrogen-bond donors (Lipinski definition) is 1. The van der Waals surface area contributed by atoms with Crippen LogP contribution >= 0.6 is 0 Å². The van der Waals surface area contributed by atoms with E-state index in [2.05, 4.69) is 10.2 Å². The van der Waals surface area contributed by atoms with E-state index in [-0.39, 0.29) is 0 Å². The molecule has 5 heteroatoms. The number of benzene rings is 2. The van der Waals surface area contributed by atoms with E-state index in [1.165, 1.54) is 32.4 Å². The fourth-order valence-corrected chi connectivity index (χ4v) is 2.85. The van der Waals surface area contributed by atoms with Crippen molar-refractivity contribution >= 4 is 11.8 Å². The second-order valence-corrected chi connectivity index (χ2v) is 6.10. The highest BCUT2D eigenvalue weighted by Gasteiger charge is 2.09. The molecule has 2 aromatic carbocycles. The maximum atomic E-state index is 11.8. The quantitative estimate of drug-likeness (QED) is 0.858. The van der Waals surface area contributed by atoms with Gasteiger partial charge in [0.25, 0.3) is 0 Å². The Morgan fingerprint density at radius 3 is 2.32 bits per heavy atom. The normalized spacial score (nSPS) is 14.7. The van der Waals surface area contributed by atoms with Crippen molar-refractivity contribution < 1.29 is 14.3 Å². The van der Waals surface area contributed by atoms with E-state index in [9.17, 15) is 4.79 Å². The summed E-state index contributed by atoms with van der Waals surface area (Å²) < 4.78 is 11.0. The number of carbonyl (C=O) groups excluding carboxylic acids is 1. The SMILES string of the molecule is O=C(Nc1ccccc1)Oc1ccc(OCCN2CCCCC2)cc1. The van der Waals surface area contributed by atoms with Gasteiger partial charge in [-0.2, -0.15) is 0 Å². The van der Waals surface area contributed by atoms with Gasteiger partial charge in [-0.15, -0.1) is 0 Å². The minimum atomic E-state index is -0.509. The maximum absolute atomic E-state index is 11.8. The number of hydrogen-bond acceptors (Lipinski definition) is 4. The van der Waals surface area contributed by atoms with Gasteiger partial charge in [0.2, 0.25) is 0 Å². The van der Waals surface area contributed by atoms with Crippen molar-refractivity contribution in [2.45, 2.75) is 19.3 Å². The first-order valence-corrected chi connectivity index (χ1v) is 8.79. The third-order valence-electron chi connectivity index (χ3n) is 4.18. The van der Waals surface area contributed by atoms with Crippen LogP contribution in [0.3, 0.4) is 0 Å². The Bertz CT molecular complexity index is 652. The van der Waals surface area contributed by atoms with E-state index in [0.29, 0.717) is 18.0 Å². The first-order chi connectivity index (χ1) is 12.3. The monoisotopic (exact) mass is 340 g/mol. The lowest BCUT2D eigenvalue weighted by Gasteiger charge is -2.26. The topological polar surface area (TPSA) is 50.8 Å². The summed E-state index contributed by atoms with van der Waals surface area (Å²) >= 11 is 0. The Balaban J connectivity index is 1.41. The lowest BCUT2D eigenvalue weighted by Crippen LogP contribution is -2.33. The number of piperidine rings is 1. The number of ether oxygens (including phenoxy) is 2. The molecule has 0 bridgehead atoms. The van der Waals surface area contributed by atoms with Gasteiger partial charge in [0.15, 0.2) is 0 Å². The lowest BCUT2D eigenvalue weighted by molar-refractivity contribution is 0.183. The summed E-state index contributed by atoms with van der Waals surface area (Å²) in [6.07, 6.45) is 3.41. The van der Waals surface area contributed by atoms with Crippen LogP contribution in [0.25, 0.3) is 0 Å². The Morgan fingerprint density at radius 2 is 1.60 bits per heavy atom. The van der Waals surface area contributed by atoms with Crippen molar-refractivity contribution in [2.75, 3.05) is 31.6 Å². The lowest BCUT2D eigenvalue weighted by atomic mass is 10.1. The smallest absolute Gasteiger partial charge is 0.417 e. The van der Waals surface area contributed by atoms with Crippen molar-refractivity contribution in [1.29, 1.82) is 0 Å². The average Bonchev–Trinajstić information content (AvgIpc) is 2.65. The van der Waals surface area contributed by atoms with E-state index in [4.69, 9.17) is 9.47 Å². The Kier molecular flexibility index (Phi) is 6.29. The van der Waals surface area contributed by atoms with Gasteiger partial charge < -0.3 is 9.47 Å². The van der Waals surface area contributed by atoms with Crippen LogP contribution in [-0.4, -0.2) is 37.2 Å². The molecular weight excluding hydrogens is 316 g/mol. The standard InChI is InChI=1S/C20H24N2O3/c23-20(21-17-7-3-1-4-8-17)25-19-11-9-18(10-12-19)24-16-15-22-13-5-2-6-14-22/h1,3-4,7-12H,2,5-6,13-16H2,(H,21,23). The molecule has 132 valence electrons. The molecule has 1 aliphatic heterocycles. The van der Waals surface area contributed by atoms with Crippen molar-refractivity contribution in [1.82, 2.24) is 4.90 Å². The molecule has 1 N–H and O–H groups in total. The molecule has 1 fully saturated rings. The van der Waals surface area contributed by atoms with Crippen LogP contribution in [0.1, 0.15) is 19.3 Å². The van der Waals surface area contributed by atoms with Gasteiger partial charge in [-0.05, 0) is 62.3 Å². The first-order valence-electron chi connectivity index (χ1n) is 8.79. The van der Waals surface area contributed by atoms with Crippen LogP contribution in [-0.2, 0) is 0 Å². The van der Waals surface area contributed by atoms with Gasteiger partial charge >= 0.3 is 6.09 Å². The van der Waals surface area contributed by atoms with Crippen LogP contribution < -0.4 is 14.8 Å². The van der Waals surface area contributed by atoms with E-state index >= 15 is 0 Å². The van der Waals surface area contributed by atoms with Gasteiger partial charge in [0.1, 0.15) is 18.1 Å². The average molecular weight is 340 g/mol. The van der Waals surface area contributed by atoms with E-state index < -0.39 is 6.09 Å². The predicted molar refractivity (Wildman–Crippen MR) is 98.3 cm³/mol. The number of nitrogens with one attached hydrogen (secondary N) is 1. The number of nitrogens with zero attached hydrogens (tertiary/aromatic N) is 1. The van der Waals surface area contributed by atoms with Crippen molar-refractivity contribution in [2.24, 2.45) is 0 Å². The zero-order valence-electron chi connectivity index (χ0n) is 14.3. The molecule has 0 aromatic heterocycles. The van der Waals surface area contributed by atoms with Crippen LogP contribution in [0.5, 0.6) is 11.5 Å². The Hall–Kier alpha value is -2.53. The molecule has 0 radical (unpaired) electrons. The molecule has 5 nitrogen and oxygen atoms in total. The zero-order valence-corrected chi connectivity index (χ0v) is 14.3. The van der Waals surface area contributed by atoms with Gasteiger partial charge in [-0.1, -0.05) is 24.6 Å². The molecule has 0 aliphatic carbocycles. The maximum Gasteiger partial charge on any atom is 0.417 e. The highest BCUT2D eigenvalue weighted by atomic mass is 16.6. The van der Waals surface area contributed by atoms with Crippen LogP contribution in [0.2, 0.25) is 0 Å². The van der Waals surface area contributed by atoms with Crippen LogP contribution in [0, 0.1) is 0 Å². The molecule has 2 aromatic rings. The summed E-state index contributed by atoms with van der Waals surface area (Å²) in [5, 5.41) is 2.68. The third kappa shape index (κ3) is 5.80. The fraction of sp³-hybridized carbons (Fsp3) is 0.350. The zero-order chi connectivity index (χ0) is 17.3. The van der Waals surface area contributed by atoms with Crippen molar-refractivity contribution in [3.63, 3.8) is 0 Å². The summed E-state index contributed by atoms with van der Waals surface area (Å²) in [4.78, 5) is 14.3. The molecule has 1 saturated heterocycles. The number of carbonyl (C=O) groups is 1. The fourth-order valence-electron chi connectivity index (χ4n) is 2.85. The highest BCUT2D eigenvalue weighted by Crippen LogP contribution is 2.18. The van der Waals surface area contributed by atoms with Gasteiger partial charge in [0, 0.05) is 12.2 Å². The summed E-state index contributed by atoms with van der Waals surface area (Å²) in [7, 11) is 0. The summed E-state index contributed by atoms with van der Waals surface area (Å²) in [5.41, 5.74) is 0.699. The predicted octanol–water partition coefficient (Wildman–Crippen LogP) is 4.16. The number of para-hydroxylation sites is 1. The van der Waals surface area contributed by atoms with E-state index in [1.807, 2.05) is 30.3 Å². The Morgan fingerprint density at radius 1 is 0.920 bits per heavy atom. The summed E-state index contributed by atoms with van der Waals surface area (Å²) in [6, 6.07) is 16.3. The molecule has 3 rings (SSSR count). The molecule has 0 unspecified atom stereocenters. The number of amides is 1. The molecule has 1 heterocycles.